The van der Waals surface area contributed by atoms with Crippen molar-refractivity contribution < 1.29 is 41.3 Å². The second-order valence-corrected chi connectivity index (χ2v) is 6.78. The first-order valence-corrected chi connectivity index (χ1v) is 9.07. The van der Waals surface area contributed by atoms with E-state index in [2.05, 4.69) is 4.74 Å². The number of carbonyl (C=O) groups is 1. The van der Waals surface area contributed by atoms with Gasteiger partial charge in [0.25, 0.3) is 0 Å². The highest BCUT2D eigenvalue weighted by Crippen LogP contribution is 2.27. The zero-order valence-electron chi connectivity index (χ0n) is 14.6. The molecule has 0 unspecified atom stereocenters. The molecule has 1 saturated carbocycles. The minimum atomic E-state index is -4.95. The van der Waals surface area contributed by atoms with Crippen LogP contribution in [-0.4, -0.2) is 57.1 Å². The molecule has 0 radical (unpaired) electrons. The van der Waals surface area contributed by atoms with Gasteiger partial charge in [0.2, 0.25) is 0 Å². The van der Waals surface area contributed by atoms with Gasteiger partial charge < -0.3 is 18.9 Å². The summed E-state index contributed by atoms with van der Waals surface area (Å²) < 4.78 is 70.0. The van der Waals surface area contributed by atoms with Crippen LogP contribution in [0.5, 0.6) is 0 Å². The summed E-state index contributed by atoms with van der Waals surface area (Å²) in [5.41, 5.74) is 0. The Morgan fingerprint density at radius 3 is 2.19 bits per heavy atom. The monoisotopic (exact) mass is 386 g/mol. The molecular formula is C17H26F4O5. The Labute approximate surface area is 150 Å². The number of rotatable bonds is 8. The first-order chi connectivity index (χ1) is 12.4. The predicted molar refractivity (Wildman–Crippen MR) is 83.2 cm³/mol. The van der Waals surface area contributed by atoms with Gasteiger partial charge in [-0.25, -0.2) is 4.79 Å². The van der Waals surface area contributed by atoms with Crippen LogP contribution in [0.1, 0.15) is 44.9 Å². The molecule has 0 aromatic heterocycles. The van der Waals surface area contributed by atoms with Crippen molar-refractivity contribution in [3.05, 3.63) is 0 Å². The van der Waals surface area contributed by atoms with E-state index in [0.29, 0.717) is 45.3 Å². The standard InChI is InChI=1S/C17H26F4O5/c18-8-2-1-3-12-9-24-15(25-10-12)11-23-13-4-6-14(7-5-13)26-16(22)17(19,20)21/h12-15H,1-11H2. The molecule has 5 nitrogen and oxygen atoms in total. The number of hydrogen-bond donors (Lipinski definition) is 0. The molecule has 0 aromatic carbocycles. The van der Waals surface area contributed by atoms with E-state index in [1.165, 1.54) is 0 Å². The fraction of sp³-hybridized carbons (Fsp3) is 0.941. The van der Waals surface area contributed by atoms with Crippen molar-refractivity contribution in [3.8, 4) is 0 Å². The molecule has 2 fully saturated rings. The number of esters is 1. The van der Waals surface area contributed by atoms with Crippen molar-refractivity contribution in [2.45, 2.75) is 69.6 Å². The minimum absolute atomic E-state index is 0.106. The van der Waals surface area contributed by atoms with Crippen LogP contribution in [0, 0.1) is 5.92 Å². The molecule has 9 heteroatoms. The zero-order chi connectivity index (χ0) is 19.0. The molecule has 1 aliphatic heterocycles. The van der Waals surface area contributed by atoms with Gasteiger partial charge in [-0.1, -0.05) is 6.42 Å². The Morgan fingerprint density at radius 1 is 1.00 bits per heavy atom. The molecule has 152 valence electrons. The third-order valence-electron chi connectivity index (χ3n) is 4.63. The number of ether oxygens (including phenoxy) is 4. The summed E-state index contributed by atoms with van der Waals surface area (Å²) in [6.45, 7) is 1.07. The topological polar surface area (TPSA) is 54.0 Å². The molecule has 0 atom stereocenters. The molecule has 2 rings (SSSR count). The van der Waals surface area contributed by atoms with Crippen molar-refractivity contribution >= 4 is 5.97 Å². The smallest absolute Gasteiger partial charge is 0.456 e. The fourth-order valence-corrected chi connectivity index (χ4v) is 3.12. The maximum atomic E-state index is 12.2. The van der Waals surface area contributed by atoms with Gasteiger partial charge in [0, 0.05) is 5.92 Å². The molecule has 1 aliphatic carbocycles. The lowest BCUT2D eigenvalue weighted by Gasteiger charge is -2.32. The Morgan fingerprint density at radius 2 is 1.62 bits per heavy atom. The Kier molecular flexibility index (Phi) is 8.56. The quantitative estimate of drug-likeness (QED) is 0.363. The lowest BCUT2D eigenvalue weighted by Crippen LogP contribution is -2.37. The van der Waals surface area contributed by atoms with Crippen molar-refractivity contribution in [1.29, 1.82) is 0 Å². The molecule has 0 amide bonds. The van der Waals surface area contributed by atoms with Gasteiger partial charge in [-0.3, -0.25) is 4.39 Å². The number of alkyl halides is 4. The van der Waals surface area contributed by atoms with Crippen molar-refractivity contribution in [2.75, 3.05) is 26.5 Å². The van der Waals surface area contributed by atoms with Crippen LogP contribution in [-0.2, 0) is 23.7 Å². The van der Waals surface area contributed by atoms with E-state index in [-0.39, 0.29) is 25.3 Å². The van der Waals surface area contributed by atoms with Gasteiger partial charge in [0.15, 0.2) is 6.29 Å². The second-order valence-electron chi connectivity index (χ2n) is 6.78. The highest BCUT2D eigenvalue weighted by molar-refractivity contribution is 5.75. The highest BCUT2D eigenvalue weighted by atomic mass is 19.4. The van der Waals surface area contributed by atoms with E-state index in [1.54, 1.807) is 0 Å². The van der Waals surface area contributed by atoms with E-state index < -0.39 is 24.5 Å². The molecule has 2 aliphatic rings. The lowest BCUT2D eigenvalue weighted by molar-refractivity contribution is -0.230. The first kappa shape index (κ1) is 21.4. The molecular weight excluding hydrogens is 360 g/mol. The lowest BCUT2D eigenvalue weighted by atomic mass is 9.95. The summed E-state index contributed by atoms with van der Waals surface area (Å²) in [6.07, 6.45) is -2.24. The predicted octanol–water partition coefficient (Wildman–Crippen LogP) is 3.55. The van der Waals surface area contributed by atoms with E-state index in [1.807, 2.05) is 0 Å². The number of hydrogen-bond acceptors (Lipinski definition) is 5. The maximum absolute atomic E-state index is 12.2. The van der Waals surface area contributed by atoms with E-state index in [9.17, 15) is 22.4 Å². The second kappa shape index (κ2) is 10.4. The Bertz CT molecular complexity index is 416. The zero-order valence-corrected chi connectivity index (χ0v) is 14.6. The summed E-state index contributed by atoms with van der Waals surface area (Å²) >= 11 is 0. The van der Waals surface area contributed by atoms with Crippen LogP contribution in [0.25, 0.3) is 0 Å². The van der Waals surface area contributed by atoms with Gasteiger partial charge in [-0.15, -0.1) is 0 Å². The van der Waals surface area contributed by atoms with Gasteiger partial charge in [0.05, 0.1) is 32.6 Å². The maximum Gasteiger partial charge on any atom is 0.490 e. The van der Waals surface area contributed by atoms with Gasteiger partial charge in [-0.05, 0) is 38.5 Å². The van der Waals surface area contributed by atoms with Crippen molar-refractivity contribution in [3.63, 3.8) is 0 Å². The van der Waals surface area contributed by atoms with Gasteiger partial charge >= 0.3 is 12.1 Å². The normalized spacial score (nSPS) is 30.2. The SMILES string of the molecule is O=C(OC1CCC(OCC2OCC(CCCCF)CO2)CC1)C(F)(F)F. The number of carbonyl (C=O) groups excluding carboxylic acids is 1. The van der Waals surface area contributed by atoms with Gasteiger partial charge in [0.1, 0.15) is 6.10 Å². The van der Waals surface area contributed by atoms with Crippen LogP contribution in [0.4, 0.5) is 17.6 Å². The number of unbranched alkanes of at least 4 members (excludes halogenated alkanes) is 1. The van der Waals surface area contributed by atoms with Crippen molar-refractivity contribution in [2.24, 2.45) is 5.92 Å². The third-order valence-corrected chi connectivity index (χ3v) is 4.63. The molecule has 1 heterocycles. The Hall–Kier alpha value is -0.930. The number of halogens is 4. The van der Waals surface area contributed by atoms with E-state index in [0.717, 1.165) is 12.8 Å². The summed E-state index contributed by atoms with van der Waals surface area (Å²) in [6, 6.07) is 0. The summed E-state index contributed by atoms with van der Waals surface area (Å²) in [7, 11) is 0. The summed E-state index contributed by atoms with van der Waals surface area (Å²) in [5, 5.41) is 0. The molecule has 0 aromatic rings. The van der Waals surface area contributed by atoms with Crippen LogP contribution in [0.3, 0.4) is 0 Å². The highest BCUT2D eigenvalue weighted by Gasteiger charge is 2.42. The van der Waals surface area contributed by atoms with Crippen LogP contribution < -0.4 is 0 Å². The minimum Gasteiger partial charge on any atom is -0.456 e. The average Bonchev–Trinajstić information content (AvgIpc) is 2.61. The molecule has 1 saturated heterocycles. The first-order valence-electron chi connectivity index (χ1n) is 9.07. The van der Waals surface area contributed by atoms with Crippen molar-refractivity contribution in [1.82, 2.24) is 0 Å². The summed E-state index contributed by atoms with van der Waals surface area (Å²) in [4.78, 5) is 10.8. The average molecular weight is 386 g/mol. The largest absolute Gasteiger partial charge is 0.490 e. The third kappa shape index (κ3) is 7.36. The van der Waals surface area contributed by atoms with Gasteiger partial charge in [-0.2, -0.15) is 13.2 Å². The molecule has 0 bridgehead atoms. The van der Waals surface area contributed by atoms with Crippen LogP contribution >= 0.6 is 0 Å². The summed E-state index contributed by atoms with van der Waals surface area (Å²) in [5.74, 6) is -1.86. The van der Waals surface area contributed by atoms with E-state index in [4.69, 9.17) is 14.2 Å². The molecule has 0 N–H and O–H groups in total. The molecule has 26 heavy (non-hydrogen) atoms. The van der Waals surface area contributed by atoms with E-state index >= 15 is 0 Å². The Balaban J connectivity index is 1.56. The molecule has 0 spiro atoms. The van der Waals surface area contributed by atoms with Crippen LogP contribution in [0.2, 0.25) is 0 Å². The fourth-order valence-electron chi connectivity index (χ4n) is 3.12. The van der Waals surface area contributed by atoms with Crippen LogP contribution in [0.15, 0.2) is 0 Å².